The summed E-state index contributed by atoms with van der Waals surface area (Å²) in [6.45, 7) is 1.55. The maximum atomic E-state index is 13.1. The van der Waals surface area contributed by atoms with E-state index in [9.17, 15) is 4.79 Å². The number of nitrogens with zero attached hydrogens (tertiary/aromatic N) is 2. The molecule has 0 fully saturated rings. The van der Waals surface area contributed by atoms with E-state index in [4.69, 9.17) is 9.47 Å². The van der Waals surface area contributed by atoms with Crippen molar-refractivity contribution in [1.29, 1.82) is 0 Å². The van der Waals surface area contributed by atoms with Crippen LogP contribution in [-0.2, 0) is 6.54 Å². The van der Waals surface area contributed by atoms with E-state index in [-0.39, 0.29) is 5.91 Å². The Morgan fingerprint density at radius 2 is 1.88 bits per heavy atom. The number of rotatable bonds is 4. The molecule has 4 rings (SSSR count). The molecule has 0 aliphatic carbocycles. The smallest absolute Gasteiger partial charge is 0.258 e. The number of hydrogen-bond acceptors (Lipinski definition) is 5. The van der Waals surface area contributed by atoms with Gasteiger partial charge in [0, 0.05) is 34.6 Å². The van der Waals surface area contributed by atoms with Gasteiger partial charge in [-0.25, -0.2) is 0 Å². The van der Waals surface area contributed by atoms with Crippen LogP contribution in [-0.4, -0.2) is 24.1 Å². The lowest BCUT2D eigenvalue weighted by atomic mass is 10.2. The zero-order valence-corrected chi connectivity index (χ0v) is 14.2. The first-order valence-electron chi connectivity index (χ1n) is 7.95. The Balaban J connectivity index is 1.71. The number of carbonyl (C=O) groups excluding carboxylic acids is 1. The molecule has 1 aliphatic rings. The van der Waals surface area contributed by atoms with Crippen molar-refractivity contribution in [3.63, 3.8) is 0 Å². The molecule has 1 aromatic carbocycles. The summed E-state index contributed by atoms with van der Waals surface area (Å²) in [7, 11) is 0. The number of fused-ring (bicyclic) bond motifs is 1. The normalized spacial score (nSPS) is 12.6. The molecule has 0 bridgehead atoms. The second-order valence-electron chi connectivity index (χ2n) is 5.53. The predicted octanol–water partition coefficient (Wildman–Crippen LogP) is 3.76. The highest BCUT2D eigenvalue weighted by atomic mass is 32.1. The van der Waals surface area contributed by atoms with Gasteiger partial charge in [0.1, 0.15) is 13.2 Å². The number of pyridine rings is 1. The zero-order chi connectivity index (χ0) is 17.1. The molecule has 2 aromatic heterocycles. The Morgan fingerprint density at radius 1 is 1.08 bits per heavy atom. The van der Waals surface area contributed by atoms with E-state index in [1.807, 2.05) is 35.7 Å². The van der Waals surface area contributed by atoms with Gasteiger partial charge in [0.2, 0.25) is 0 Å². The average Bonchev–Trinajstić information content (AvgIpc) is 3.19. The van der Waals surface area contributed by atoms with Crippen molar-refractivity contribution in [2.45, 2.75) is 6.54 Å². The molecule has 6 heteroatoms. The van der Waals surface area contributed by atoms with Crippen LogP contribution in [0.2, 0.25) is 0 Å². The fraction of sp³-hybridized carbons (Fsp3) is 0.158. The van der Waals surface area contributed by atoms with E-state index >= 15 is 0 Å². The number of aromatic nitrogens is 1. The van der Waals surface area contributed by atoms with Gasteiger partial charge in [-0.1, -0.05) is 6.07 Å². The van der Waals surface area contributed by atoms with Crippen LogP contribution in [0.3, 0.4) is 0 Å². The second-order valence-corrected chi connectivity index (χ2v) is 6.57. The summed E-state index contributed by atoms with van der Waals surface area (Å²) in [6, 6.07) is 13.1. The molecule has 1 aliphatic heterocycles. The van der Waals surface area contributed by atoms with Crippen LogP contribution in [0.5, 0.6) is 11.5 Å². The average molecular weight is 352 g/mol. The third-order valence-electron chi connectivity index (χ3n) is 3.90. The molecule has 0 spiro atoms. The van der Waals surface area contributed by atoms with Crippen LogP contribution in [0.25, 0.3) is 0 Å². The minimum absolute atomic E-state index is 0.0764. The van der Waals surface area contributed by atoms with E-state index in [2.05, 4.69) is 4.98 Å². The monoisotopic (exact) mass is 352 g/mol. The number of hydrogen-bond donors (Lipinski definition) is 0. The molecule has 0 saturated carbocycles. The van der Waals surface area contributed by atoms with Gasteiger partial charge in [-0.2, -0.15) is 0 Å². The summed E-state index contributed by atoms with van der Waals surface area (Å²) in [5, 5.41) is 2.01. The molecule has 126 valence electrons. The molecule has 0 atom stereocenters. The van der Waals surface area contributed by atoms with E-state index in [0.29, 0.717) is 36.8 Å². The van der Waals surface area contributed by atoms with Gasteiger partial charge in [-0.05, 0) is 35.7 Å². The Labute approximate surface area is 149 Å². The van der Waals surface area contributed by atoms with Crippen LogP contribution in [0.4, 0.5) is 5.69 Å². The van der Waals surface area contributed by atoms with Gasteiger partial charge < -0.3 is 14.4 Å². The fourth-order valence-corrected chi connectivity index (χ4v) is 3.38. The third-order valence-corrected chi connectivity index (χ3v) is 4.77. The molecule has 0 N–H and O–H groups in total. The lowest BCUT2D eigenvalue weighted by Crippen LogP contribution is -2.30. The van der Waals surface area contributed by atoms with Crippen molar-refractivity contribution in [3.8, 4) is 11.5 Å². The van der Waals surface area contributed by atoms with Crippen LogP contribution >= 0.6 is 11.3 Å². The van der Waals surface area contributed by atoms with Crippen molar-refractivity contribution in [2.75, 3.05) is 18.1 Å². The highest BCUT2D eigenvalue weighted by molar-refractivity contribution is 7.09. The SMILES string of the molecule is O=C(c1ccncc1)N(Cc1cccs1)c1ccc2c(c1)OCCO2. The zero-order valence-electron chi connectivity index (χ0n) is 13.4. The summed E-state index contributed by atoms with van der Waals surface area (Å²) in [6.07, 6.45) is 3.25. The number of anilines is 1. The standard InChI is InChI=1S/C19H16N2O3S/c22-19(14-5-7-20-8-6-14)21(13-16-2-1-11-25-16)15-3-4-17-18(12-15)24-10-9-23-17/h1-8,11-12H,9-10,13H2. The van der Waals surface area contributed by atoms with E-state index < -0.39 is 0 Å². The molecule has 25 heavy (non-hydrogen) atoms. The summed E-state index contributed by atoms with van der Waals surface area (Å²) in [4.78, 5) is 19.9. The molecule has 0 unspecified atom stereocenters. The minimum Gasteiger partial charge on any atom is -0.486 e. The van der Waals surface area contributed by atoms with E-state index in [0.717, 1.165) is 10.6 Å². The third kappa shape index (κ3) is 3.34. The Hall–Kier alpha value is -2.86. The van der Waals surface area contributed by atoms with Crippen molar-refractivity contribution >= 4 is 22.9 Å². The van der Waals surface area contributed by atoms with Crippen molar-refractivity contribution in [1.82, 2.24) is 4.98 Å². The van der Waals surface area contributed by atoms with Crippen molar-refractivity contribution in [3.05, 3.63) is 70.7 Å². The summed E-state index contributed by atoms with van der Waals surface area (Å²) >= 11 is 1.63. The molecular formula is C19H16N2O3S. The highest BCUT2D eigenvalue weighted by Gasteiger charge is 2.21. The Bertz CT molecular complexity index is 866. The lowest BCUT2D eigenvalue weighted by molar-refractivity contribution is 0.0985. The van der Waals surface area contributed by atoms with Crippen LogP contribution < -0.4 is 14.4 Å². The van der Waals surface area contributed by atoms with Gasteiger partial charge in [-0.15, -0.1) is 11.3 Å². The fourth-order valence-electron chi connectivity index (χ4n) is 2.69. The topological polar surface area (TPSA) is 51.7 Å². The van der Waals surface area contributed by atoms with Crippen molar-refractivity contribution in [2.24, 2.45) is 0 Å². The number of benzene rings is 1. The molecule has 5 nitrogen and oxygen atoms in total. The van der Waals surface area contributed by atoms with Gasteiger partial charge in [-0.3, -0.25) is 9.78 Å². The van der Waals surface area contributed by atoms with Gasteiger partial charge in [0.25, 0.3) is 5.91 Å². The highest BCUT2D eigenvalue weighted by Crippen LogP contribution is 2.35. The van der Waals surface area contributed by atoms with Gasteiger partial charge in [0.15, 0.2) is 11.5 Å². The van der Waals surface area contributed by atoms with Crippen LogP contribution in [0, 0.1) is 0 Å². The molecule has 0 saturated heterocycles. The summed E-state index contributed by atoms with van der Waals surface area (Å²) in [5.41, 5.74) is 1.38. The van der Waals surface area contributed by atoms with Crippen molar-refractivity contribution < 1.29 is 14.3 Å². The predicted molar refractivity (Wildman–Crippen MR) is 96.5 cm³/mol. The number of amides is 1. The van der Waals surface area contributed by atoms with Gasteiger partial charge >= 0.3 is 0 Å². The first-order valence-corrected chi connectivity index (χ1v) is 8.83. The molecule has 1 amide bonds. The first-order chi connectivity index (χ1) is 12.3. The number of thiophene rings is 1. The molecule has 0 radical (unpaired) electrons. The molecule has 3 aromatic rings. The second kappa shape index (κ2) is 6.94. The van der Waals surface area contributed by atoms with Crippen LogP contribution in [0.15, 0.2) is 60.2 Å². The van der Waals surface area contributed by atoms with Gasteiger partial charge in [0.05, 0.1) is 6.54 Å². The number of ether oxygens (including phenoxy) is 2. The van der Waals surface area contributed by atoms with E-state index in [1.54, 1.807) is 40.8 Å². The largest absolute Gasteiger partial charge is 0.486 e. The first kappa shape index (κ1) is 15.7. The maximum Gasteiger partial charge on any atom is 0.258 e. The Morgan fingerprint density at radius 3 is 2.64 bits per heavy atom. The summed E-state index contributed by atoms with van der Waals surface area (Å²) in [5.74, 6) is 1.30. The summed E-state index contributed by atoms with van der Waals surface area (Å²) < 4.78 is 11.2. The quantitative estimate of drug-likeness (QED) is 0.717. The molecular weight excluding hydrogens is 336 g/mol. The molecule has 3 heterocycles. The minimum atomic E-state index is -0.0764. The van der Waals surface area contributed by atoms with Crippen LogP contribution in [0.1, 0.15) is 15.2 Å². The maximum absolute atomic E-state index is 13.1. The Kier molecular flexibility index (Phi) is 4.35. The van der Waals surface area contributed by atoms with E-state index in [1.165, 1.54) is 0 Å². The number of carbonyl (C=O) groups is 1. The lowest BCUT2D eigenvalue weighted by Gasteiger charge is -2.25.